The van der Waals surface area contributed by atoms with Crippen molar-refractivity contribution in [1.29, 1.82) is 0 Å². The summed E-state index contributed by atoms with van der Waals surface area (Å²) in [5.41, 5.74) is 0.0149. The topological polar surface area (TPSA) is 120 Å². The van der Waals surface area contributed by atoms with E-state index in [1.807, 2.05) is 13.8 Å². The molecule has 11 heteroatoms. The van der Waals surface area contributed by atoms with E-state index in [-0.39, 0.29) is 22.3 Å². The second-order valence-electron chi connectivity index (χ2n) is 8.48. The van der Waals surface area contributed by atoms with E-state index in [1.54, 1.807) is 16.9 Å². The number of hydrogen-bond acceptors (Lipinski definition) is 7. The predicted octanol–water partition coefficient (Wildman–Crippen LogP) is 3.22. The summed E-state index contributed by atoms with van der Waals surface area (Å²) in [7, 11) is -2.49. The van der Waals surface area contributed by atoms with Gasteiger partial charge in [-0.1, -0.05) is 12.8 Å². The number of hydrogen-bond donors (Lipinski definition) is 1. The number of nitrogens with zero attached hydrogens (tertiary/aromatic N) is 3. The van der Waals surface area contributed by atoms with Crippen LogP contribution in [0.3, 0.4) is 0 Å². The molecule has 1 fully saturated rings. The number of amides is 1. The fraction of sp³-hybridized carbons (Fsp3) is 0.522. The number of anilines is 1. The number of carbonyl (C=O) groups excluding carboxylic acids is 2. The molecular formula is C23H32N4O6S. The smallest absolute Gasteiger partial charge is 0.338 e. The zero-order valence-electron chi connectivity index (χ0n) is 20.0. The molecule has 1 saturated heterocycles. The van der Waals surface area contributed by atoms with Gasteiger partial charge in [-0.3, -0.25) is 4.79 Å². The highest BCUT2D eigenvalue weighted by atomic mass is 32.2. The Morgan fingerprint density at radius 2 is 1.74 bits per heavy atom. The lowest BCUT2D eigenvalue weighted by molar-refractivity contribution is -0.123. The first-order chi connectivity index (χ1) is 16.1. The van der Waals surface area contributed by atoms with Gasteiger partial charge in [0.1, 0.15) is 16.5 Å². The molecule has 1 aromatic carbocycles. The highest BCUT2D eigenvalue weighted by molar-refractivity contribution is 7.89. The van der Waals surface area contributed by atoms with Gasteiger partial charge < -0.3 is 14.8 Å². The highest BCUT2D eigenvalue weighted by Crippen LogP contribution is 2.30. The molecule has 0 aliphatic carbocycles. The standard InChI is InChI=1S/C23H32N4O6S/c1-16(2)27-21(11-12-24-27)25-22(28)17(3)33-23(29)18-9-10-19(32-4)20(15-18)34(30,31)26-13-7-5-6-8-14-26/h9-12,15-17H,5-8,13-14H2,1-4H3,(H,25,28). The third kappa shape index (κ3) is 5.76. The average Bonchev–Trinajstić information content (AvgIpc) is 3.09. The predicted molar refractivity (Wildman–Crippen MR) is 126 cm³/mol. The van der Waals surface area contributed by atoms with Crippen molar-refractivity contribution in [3.8, 4) is 5.75 Å². The second kappa shape index (κ2) is 11.0. The number of benzene rings is 1. The van der Waals surface area contributed by atoms with E-state index in [4.69, 9.17) is 9.47 Å². The molecule has 1 unspecified atom stereocenters. The molecule has 1 N–H and O–H groups in total. The molecular weight excluding hydrogens is 460 g/mol. The van der Waals surface area contributed by atoms with Crippen LogP contribution in [-0.4, -0.2) is 60.7 Å². The Morgan fingerprint density at radius 1 is 1.06 bits per heavy atom. The zero-order chi connectivity index (χ0) is 24.9. The van der Waals surface area contributed by atoms with E-state index in [9.17, 15) is 18.0 Å². The maximum Gasteiger partial charge on any atom is 0.338 e. The Labute approximate surface area is 200 Å². The molecule has 1 amide bonds. The number of carbonyl (C=O) groups is 2. The number of nitrogens with one attached hydrogen (secondary N) is 1. The second-order valence-corrected chi connectivity index (χ2v) is 10.4. The molecule has 34 heavy (non-hydrogen) atoms. The largest absolute Gasteiger partial charge is 0.495 e. The van der Waals surface area contributed by atoms with E-state index in [1.165, 1.54) is 36.5 Å². The Morgan fingerprint density at radius 3 is 2.35 bits per heavy atom. The molecule has 0 saturated carbocycles. The van der Waals surface area contributed by atoms with E-state index >= 15 is 0 Å². The van der Waals surface area contributed by atoms with Crippen LogP contribution >= 0.6 is 0 Å². The molecule has 0 spiro atoms. The quantitative estimate of drug-likeness (QED) is 0.562. The number of ether oxygens (including phenoxy) is 2. The van der Waals surface area contributed by atoms with Crippen LogP contribution in [0, 0.1) is 0 Å². The van der Waals surface area contributed by atoms with Crippen LogP contribution in [0.5, 0.6) is 5.75 Å². The first-order valence-corrected chi connectivity index (χ1v) is 12.8. The lowest BCUT2D eigenvalue weighted by atomic mass is 10.2. The molecule has 1 atom stereocenters. The number of sulfonamides is 1. The fourth-order valence-electron chi connectivity index (χ4n) is 3.76. The van der Waals surface area contributed by atoms with Gasteiger partial charge in [0.05, 0.1) is 18.9 Å². The van der Waals surface area contributed by atoms with Crippen molar-refractivity contribution in [2.45, 2.75) is 63.5 Å². The molecule has 0 radical (unpaired) electrons. The van der Waals surface area contributed by atoms with Crippen molar-refractivity contribution in [2.24, 2.45) is 0 Å². The Hall–Kier alpha value is -2.92. The van der Waals surface area contributed by atoms with Crippen LogP contribution < -0.4 is 10.1 Å². The molecule has 1 aliphatic rings. The summed E-state index contributed by atoms with van der Waals surface area (Å²) in [4.78, 5) is 25.3. The summed E-state index contributed by atoms with van der Waals surface area (Å²) < 4.78 is 40.3. The lowest BCUT2D eigenvalue weighted by Crippen LogP contribution is -2.32. The van der Waals surface area contributed by atoms with Gasteiger partial charge in [-0.25, -0.2) is 17.9 Å². The SMILES string of the molecule is COc1ccc(C(=O)OC(C)C(=O)Nc2ccnn2C(C)C)cc1S(=O)(=O)N1CCCCCC1. The summed E-state index contributed by atoms with van der Waals surface area (Å²) in [6.45, 7) is 6.14. The van der Waals surface area contributed by atoms with Gasteiger partial charge in [0.2, 0.25) is 10.0 Å². The van der Waals surface area contributed by atoms with E-state index in [0.29, 0.717) is 18.9 Å². The van der Waals surface area contributed by atoms with Crippen molar-refractivity contribution in [1.82, 2.24) is 14.1 Å². The molecule has 2 aromatic rings. The maximum atomic E-state index is 13.3. The Kier molecular flexibility index (Phi) is 8.32. The fourth-order valence-corrected chi connectivity index (χ4v) is 5.46. The van der Waals surface area contributed by atoms with Crippen LogP contribution in [0.1, 0.15) is 62.9 Å². The van der Waals surface area contributed by atoms with Crippen LogP contribution in [0.2, 0.25) is 0 Å². The minimum absolute atomic E-state index is 0.0149. The van der Waals surface area contributed by atoms with Crippen molar-refractivity contribution in [2.75, 3.05) is 25.5 Å². The van der Waals surface area contributed by atoms with Gasteiger partial charge >= 0.3 is 5.97 Å². The molecule has 10 nitrogen and oxygen atoms in total. The van der Waals surface area contributed by atoms with E-state index in [0.717, 1.165) is 25.7 Å². The summed E-state index contributed by atoms with van der Waals surface area (Å²) in [6, 6.07) is 5.77. The van der Waals surface area contributed by atoms with Gasteiger partial charge in [-0.15, -0.1) is 0 Å². The number of methoxy groups -OCH3 is 1. The maximum absolute atomic E-state index is 13.3. The number of rotatable bonds is 8. The first kappa shape index (κ1) is 25.7. The van der Waals surface area contributed by atoms with Crippen molar-refractivity contribution in [3.05, 3.63) is 36.0 Å². The summed E-state index contributed by atoms with van der Waals surface area (Å²) in [5.74, 6) is -0.705. The highest BCUT2D eigenvalue weighted by Gasteiger charge is 2.30. The summed E-state index contributed by atoms with van der Waals surface area (Å²) in [5, 5.41) is 6.84. The van der Waals surface area contributed by atoms with Crippen molar-refractivity contribution < 1.29 is 27.5 Å². The van der Waals surface area contributed by atoms with Crippen molar-refractivity contribution in [3.63, 3.8) is 0 Å². The van der Waals surface area contributed by atoms with Crippen LogP contribution in [0.4, 0.5) is 5.82 Å². The van der Waals surface area contributed by atoms with Gasteiger partial charge in [0.25, 0.3) is 5.91 Å². The Balaban J connectivity index is 1.77. The molecule has 186 valence electrons. The Bertz CT molecular complexity index is 1120. The van der Waals surface area contributed by atoms with E-state index < -0.39 is 28.0 Å². The normalized spacial score (nSPS) is 16.0. The zero-order valence-corrected chi connectivity index (χ0v) is 20.8. The molecule has 3 rings (SSSR count). The molecule has 1 aromatic heterocycles. The summed E-state index contributed by atoms with van der Waals surface area (Å²) >= 11 is 0. The monoisotopic (exact) mass is 492 g/mol. The third-order valence-electron chi connectivity index (χ3n) is 5.65. The lowest BCUT2D eigenvalue weighted by Gasteiger charge is -2.21. The van der Waals surface area contributed by atoms with E-state index in [2.05, 4.69) is 10.4 Å². The van der Waals surface area contributed by atoms with Gasteiger partial charge in [-0.2, -0.15) is 9.40 Å². The van der Waals surface area contributed by atoms with Crippen LogP contribution in [0.15, 0.2) is 35.4 Å². The number of aromatic nitrogens is 2. The van der Waals surface area contributed by atoms with Gasteiger partial charge in [0.15, 0.2) is 6.10 Å². The van der Waals surface area contributed by atoms with Crippen LogP contribution in [-0.2, 0) is 19.6 Å². The van der Waals surface area contributed by atoms with Crippen molar-refractivity contribution >= 4 is 27.7 Å². The van der Waals surface area contributed by atoms with Gasteiger partial charge in [-0.05, 0) is 51.8 Å². The molecule has 0 bridgehead atoms. The van der Waals surface area contributed by atoms with Gasteiger partial charge in [0, 0.05) is 25.2 Å². The third-order valence-corrected chi connectivity index (χ3v) is 7.57. The molecule has 1 aliphatic heterocycles. The average molecular weight is 493 g/mol. The summed E-state index contributed by atoms with van der Waals surface area (Å²) in [6.07, 6.45) is 3.98. The van der Waals surface area contributed by atoms with Crippen LogP contribution in [0.25, 0.3) is 0 Å². The minimum Gasteiger partial charge on any atom is -0.495 e. The first-order valence-electron chi connectivity index (χ1n) is 11.4. The number of esters is 1. The minimum atomic E-state index is -3.86. The molecule has 2 heterocycles.